The molecule has 44 heavy (non-hydrogen) atoms. The molecule has 0 heterocycles. The molecule has 0 aliphatic carbocycles. The maximum absolute atomic E-state index is 14.5. The molecule has 0 unspecified atom stereocenters. The number of unbranched alkanes of at least 4 members (excludes halogenated alkanes) is 1. The quantitative estimate of drug-likeness (QED) is 0.176. The number of aryl methyl sites for hydroxylation is 2. The predicted octanol–water partition coefficient (Wildman–Crippen LogP) is 6.06. The number of nitrogens with one attached hydrogen (secondary N) is 1. The summed E-state index contributed by atoms with van der Waals surface area (Å²) < 4.78 is 29.5. The van der Waals surface area contributed by atoms with Crippen molar-refractivity contribution < 1.29 is 18.0 Å². The molecule has 0 bridgehead atoms. The van der Waals surface area contributed by atoms with Crippen molar-refractivity contribution >= 4 is 27.5 Å². The molecule has 0 aliphatic heterocycles. The molecule has 4 aromatic rings. The number of hydrogen-bond acceptors (Lipinski definition) is 4. The fraction of sp³-hybridized carbons (Fsp3) is 0.278. The summed E-state index contributed by atoms with van der Waals surface area (Å²) in [7, 11) is -4.13. The molecule has 8 heteroatoms. The Morgan fingerprint density at radius 1 is 0.773 bits per heavy atom. The Labute approximate surface area is 261 Å². The molecule has 0 saturated heterocycles. The minimum Gasteiger partial charge on any atom is -0.354 e. The number of benzene rings is 4. The minimum absolute atomic E-state index is 0.0897. The van der Waals surface area contributed by atoms with Gasteiger partial charge in [-0.15, -0.1) is 0 Å². The zero-order chi connectivity index (χ0) is 31.5. The molecule has 2 amide bonds. The number of hydrogen-bond donors (Lipinski definition) is 1. The molecule has 0 aromatic heterocycles. The Morgan fingerprint density at radius 3 is 1.98 bits per heavy atom. The second kappa shape index (κ2) is 15.3. The first-order valence-electron chi connectivity index (χ1n) is 15.0. The second-order valence-corrected chi connectivity index (χ2v) is 12.8. The lowest BCUT2D eigenvalue weighted by molar-refractivity contribution is -0.140. The van der Waals surface area contributed by atoms with Gasteiger partial charge in [-0.25, -0.2) is 8.42 Å². The fourth-order valence-corrected chi connectivity index (χ4v) is 6.51. The van der Waals surface area contributed by atoms with Crippen LogP contribution in [0, 0.1) is 13.8 Å². The summed E-state index contributed by atoms with van der Waals surface area (Å²) in [5, 5.41) is 3.02. The van der Waals surface area contributed by atoms with Gasteiger partial charge >= 0.3 is 0 Å². The summed E-state index contributed by atoms with van der Waals surface area (Å²) in [4.78, 5) is 29.9. The summed E-state index contributed by atoms with van der Waals surface area (Å²) in [6.07, 6.45) is 2.01. The van der Waals surface area contributed by atoms with Crippen molar-refractivity contribution in [2.24, 2.45) is 0 Å². The number of nitrogens with zero attached hydrogens (tertiary/aromatic N) is 2. The molecule has 0 aliphatic rings. The maximum atomic E-state index is 14.5. The highest BCUT2D eigenvalue weighted by atomic mass is 32.2. The number of amides is 2. The standard InChI is InChI=1S/C36H41N3O4S/c1-4-5-24-37-36(41)34(25-30-15-8-6-9-16-30)38(26-31-17-10-7-11-18-31)35(40)27-39(33-19-13-12-14-29(33)3)44(42,43)32-22-20-28(2)21-23-32/h6-23,34H,4-5,24-27H2,1-3H3,(H,37,41)/t34-/m0/s1. The number of anilines is 1. The van der Waals surface area contributed by atoms with E-state index in [9.17, 15) is 18.0 Å². The SMILES string of the molecule is CCCCNC(=O)[C@H](Cc1ccccc1)N(Cc1ccccc1)C(=O)CN(c1ccccc1C)S(=O)(=O)c1ccc(C)cc1. The van der Waals surface area contributed by atoms with Gasteiger partial charge in [0.15, 0.2) is 0 Å². The molecule has 1 atom stereocenters. The molecule has 0 radical (unpaired) electrons. The summed E-state index contributed by atoms with van der Waals surface area (Å²) in [6.45, 7) is 5.92. The lowest BCUT2D eigenvalue weighted by Gasteiger charge is -2.34. The van der Waals surface area contributed by atoms with Crippen molar-refractivity contribution in [2.75, 3.05) is 17.4 Å². The normalized spacial score (nSPS) is 11.9. The van der Waals surface area contributed by atoms with Crippen LogP contribution in [-0.4, -0.2) is 44.3 Å². The molecule has 0 saturated carbocycles. The number of sulfonamides is 1. The predicted molar refractivity (Wildman–Crippen MR) is 176 cm³/mol. The smallest absolute Gasteiger partial charge is 0.264 e. The summed E-state index contributed by atoms with van der Waals surface area (Å²) in [6, 6.07) is 31.9. The first-order valence-corrected chi connectivity index (χ1v) is 16.4. The van der Waals surface area contributed by atoms with E-state index in [2.05, 4.69) is 5.32 Å². The van der Waals surface area contributed by atoms with Crippen molar-refractivity contribution in [3.05, 3.63) is 131 Å². The third-order valence-electron chi connectivity index (χ3n) is 7.57. The van der Waals surface area contributed by atoms with Crippen LogP contribution in [0.3, 0.4) is 0 Å². The van der Waals surface area contributed by atoms with Gasteiger partial charge in [0.05, 0.1) is 10.6 Å². The van der Waals surface area contributed by atoms with Crippen LogP contribution in [0.2, 0.25) is 0 Å². The third-order valence-corrected chi connectivity index (χ3v) is 9.34. The lowest BCUT2D eigenvalue weighted by Crippen LogP contribution is -2.53. The van der Waals surface area contributed by atoms with Crippen molar-refractivity contribution in [3.63, 3.8) is 0 Å². The summed E-state index contributed by atoms with van der Waals surface area (Å²) in [5.41, 5.74) is 3.78. The van der Waals surface area contributed by atoms with Gasteiger partial charge in [0.2, 0.25) is 11.8 Å². The van der Waals surface area contributed by atoms with E-state index < -0.39 is 28.5 Å². The first kappa shape index (κ1) is 32.5. The minimum atomic E-state index is -4.13. The first-order chi connectivity index (χ1) is 21.2. The molecule has 4 rings (SSSR count). The van der Waals surface area contributed by atoms with E-state index in [1.54, 1.807) is 36.4 Å². The maximum Gasteiger partial charge on any atom is 0.264 e. The zero-order valence-corrected chi connectivity index (χ0v) is 26.5. The largest absolute Gasteiger partial charge is 0.354 e. The average molecular weight is 612 g/mol. The van der Waals surface area contributed by atoms with Gasteiger partial charge in [-0.1, -0.05) is 110 Å². The number of para-hydroxylation sites is 1. The number of carbonyl (C=O) groups excluding carboxylic acids is 2. The van der Waals surface area contributed by atoms with Crippen molar-refractivity contribution in [3.8, 4) is 0 Å². The monoisotopic (exact) mass is 611 g/mol. The van der Waals surface area contributed by atoms with E-state index in [0.29, 0.717) is 17.8 Å². The van der Waals surface area contributed by atoms with Gasteiger partial charge in [0.25, 0.3) is 10.0 Å². The van der Waals surface area contributed by atoms with Gasteiger partial charge in [0.1, 0.15) is 12.6 Å². The van der Waals surface area contributed by atoms with Crippen LogP contribution < -0.4 is 9.62 Å². The van der Waals surface area contributed by atoms with Gasteiger partial charge in [-0.2, -0.15) is 0 Å². The van der Waals surface area contributed by atoms with E-state index in [-0.39, 0.29) is 23.8 Å². The topological polar surface area (TPSA) is 86.8 Å². The molecular formula is C36H41N3O4S. The molecule has 1 N–H and O–H groups in total. The van der Waals surface area contributed by atoms with Crippen LogP contribution in [0.1, 0.15) is 42.0 Å². The molecular weight excluding hydrogens is 570 g/mol. The van der Waals surface area contributed by atoms with Crippen molar-refractivity contribution in [1.29, 1.82) is 0 Å². The molecule has 4 aromatic carbocycles. The Bertz CT molecular complexity index is 1630. The number of carbonyl (C=O) groups is 2. The van der Waals surface area contributed by atoms with Crippen LogP contribution in [0.15, 0.2) is 114 Å². The van der Waals surface area contributed by atoms with Crippen LogP contribution >= 0.6 is 0 Å². The Hall–Kier alpha value is -4.43. The van der Waals surface area contributed by atoms with E-state index in [1.807, 2.05) is 93.6 Å². The molecule has 0 fully saturated rings. The molecule has 7 nitrogen and oxygen atoms in total. The van der Waals surface area contributed by atoms with Crippen molar-refractivity contribution in [2.45, 2.75) is 57.5 Å². The summed E-state index contributed by atoms with van der Waals surface area (Å²) >= 11 is 0. The fourth-order valence-electron chi connectivity index (χ4n) is 5.03. The van der Waals surface area contributed by atoms with Crippen molar-refractivity contribution in [1.82, 2.24) is 10.2 Å². The van der Waals surface area contributed by atoms with Gasteiger partial charge in [-0.05, 0) is 55.2 Å². The van der Waals surface area contributed by atoms with E-state index in [4.69, 9.17) is 0 Å². The van der Waals surface area contributed by atoms with Gasteiger partial charge in [0, 0.05) is 19.5 Å². The molecule has 230 valence electrons. The van der Waals surface area contributed by atoms with Gasteiger partial charge in [-0.3, -0.25) is 13.9 Å². The highest BCUT2D eigenvalue weighted by Gasteiger charge is 2.35. The highest BCUT2D eigenvalue weighted by molar-refractivity contribution is 7.92. The average Bonchev–Trinajstić information content (AvgIpc) is 3.03. The highest BCUT2D eigenvalue weighted by Crippen LogP contribution is 2.28. The van der Waals surface area contributed by atoms with E-state index in [1.165, 1.54) is 9.21 Å². The van der Waals surface area contributed by atoms with Crippen LogP contribution in [0.5, 0.6) is 0 Å². The van der Waals surface area contributed by atoms with Crippen LogP contribution in [0.4, 0.5) is 5.69 Å². The Balaban J connectivity index is 1.78. The van der Waals surface area contributed by atoms with Crippen LogP contribution in [0.25, 0.3) is 0 Å². The van der Waals surface area contributed by atoms with Gasteiger partial charge < -0.3 is 10.2 Å². The Kier molecular flexibility index (Phi) is 11.3. The van der Waals surface area contributed by atoms with E-state index >= 15 is 0 Å². The third kappa shape index (κ3) is 8.35. The zero-order valence-electron chi connectivity index (χ0n) is 25.6. The van der Waals surface area contributed by atoms with Crippen LogP contribution in [-0.2, 0) is 32.6 Å². The summed E-state index contributed by atoms with van der Waals surface area (Å²) in [5.74, 6) is -0.741. The Morgan fingerprint density at radius 2 is 1.36 bits per heavy atom. The number of rotatable bonds is 14. The molecule has 0 spiro atoms. The lowest BCUT2D eigenvalue weighted by atomic mass is 10.0. The second-order valence-electron chi connectivity index (χ2n) is 11.0. The van der Waals surface area contributed by atoms with E-state index in [0.717, 1.165) is 29.5 Å².